The number of nitrogens with zero attached hydrogens (tertiary/aromatic N) is 3. The van der Waals surface area contributed by atoms with E-state index in [9.17, 15) is 8.42 Å². The molecule has 1 aliphatic rings. The van der Waals surface area contributed by atoms with Crippen LogP contribution in [0.3, 0.4) is 0 Å². The van der Waals surface area contributed by atoms with E-state index in [4.69, 9.17) is 12.2 Å². The zero-order valence-electron chi connectivity index (χ0n) is 20.5. The van der Waals surface area contributed by atoms with E-state index < -0.39 is 10.0 Å². The number of rotatable bonds is 6. The number of aryl methyl sites for hydroxylation is 1. The molecule has 37 heavy (non-hydrogen) atoms. The molecule has 2 atom stereocenters. The Balaban J connectivity index is 1.63. The molecular weight excluding hydrogens is 570 g/mol. The minimum atomic E-state index is -3.37. The molecule has 4 aromatic rings. The Bertz CT molecular complexity index is 1570. The Kier molecular flexibility index (Phi) is 6.82. The summed E-state index contributed by atoms with van der Waals surface area (Å²) in [6, 6.07) is 23.2. The van der Waals surface area contributed by atoms with Crippen LogP contribution in [0.15, 0.2) is 83.5 Å². The van der Waals surface area contributed by atoms with Crippen LogP contribution in [0.4, 0.5) is 11.4 Å². The van der Waals surface area contributed by atoms with Gasteiger partial charge in [0.15, 0.2) is 5.11 Å². The normalized spacial score (nSPS) is 17.6. The highest BCUT2D eigenvalue weighted by Gasteiger charge is 2.42. The summed E-state index contributed by atoms with van der Waals surface area (Å²) in [5, 5.41) is 4.07. The van der Waals surface area contributed by atoms with Gasteiger partial charge in [0.25, 0.3) is 0 Å². The maximum absolute atomic E-state index is 11.7. The summed E-state index contributed by atoms with van der Waals surface area (Å²) in [6.45, 7) is 4.22. The van der Waals surface area contributed by atoms with Crippen molar-refractivity contribution in [1.82, 2.24) is 14.9 Å². The molecule has 1 saturated heterocycles. The summed E-state index contributed by atoms with van der Waals surface area (Å²) in [7, 11) is -3.37. The Hall–Kier alpha value is -3.21. The molecule has 0 amide bonds. The summed E-state index contributed by atoms with van der Waals surface area (Å²) in [6.07, 6.45) is 2.92. The van der Waals surface area contributed by atoms with Gasteiger partial charge in [-0.2, -0.15) is 0 Å². The van der Waals surface area contributed by atoms with Gasteiger partial charge >= 0.3 is 0 Å². The van der Waals surface area contributed by atoms with Crippen molar-refractivity contribution < 1.29 is 8.42 Å². The lowest BCUT2D eigenvalue weighted by atomic mass is 9.96. The van der Waals surface area contributed by atoms with Crippen LogP contribution in [-0.2, 0) is 10.0 Å². The first-order valence-corrected chi connectivity index (χ1v) is 14.7. The third kappa shape index (κ3) is 5.14. The lowest BCUT2D eigenvalue weighted by molar-refractivity contribution is 0.565. The molecule has 10 heteroatoms. The molecule has 0 bridgehead atoms. The molecule has 0 saturated carbocycles. The third-order valence-electron chi connectivity index (χ3n) is 6.40. The molecule has 1 fully saturated rings. The van der Waals surface area contributed by atoms with E-state index in [1.165, 1.54) is 0 Å². The topological polar surface area (TPSA) is 79.3 Å². The lowest BCUT2D eigenvalue weighted by Crippen LogP contribution is -2.29. The van der Waals surface area contributed by atoms with E-state index in [0.29, 0.717) is 10.8 Å². The maximum atomic E-state index is 11.7. The summed E-state index contributed by atoms with van der Waals surface area (Å²) >= 11 is 9.45. The van der Waals surface area contributed by atoms with E-state index in [1.807, 2.05) is 42.5 Å². The number of aromatic nitrogens is 2. The van der Waals surface area contributed by atoms with Crippen molar-refractivity contribution in [2.75, 3.05) is 15.9 Å². The van der Waals surface area contributed by atoms with Crippen molar-refractivity contribution in [3.63, 3.8) is 0 Å². The van der Waals surface area contributed by atoms with Crippen molar-refractivity contribution in [2.24, 2.45) is 0 Å². The SMILES string of the molecule is Cc1cc([C@@H]2[C@H](c3ccccn3)NC(=S)N2c2ccc(NS(C)(=O)=O)cc2)c(C)n1-c1cccc(Br)c1. The van der Waals surface area contributed by atoms with E-state index in [2.05, 4.69) is 72.5 Å². The van der Waals surface area contributed by atoms with Crippen LogP contribution in [-0.4, -0.2) is 29.3 Å². The van der Waals surface area contributed by atoms with Gasteiger partial charge in [0, 0.05) is 39.1 Å². The van der Waals surface area contributed by atoms with Gasteiger partial charge in [0.2, 0.25) is 10.0 Å². The quantitative estimate of drug-likeness (QED) is 0.274. The predicted octanol–water partition coefficient (Wildman–Crippen LogP) is 5.80. The van der Waals surface area contributed by atoms with Gasteiger partial charge in [-0.25, -0.2) is 8.42 Å². The summed E-state index contributed by atoms with van der Waals surface area (Å²) in [5.74, 6) is 0. The number of pyridine rings is 1. The van der Waals surface area contributed by atoms with Crippen molar-refractivity contribution in [3.05, 3.63) is 106 Å². The number of thiocarbonyl (C=S) groups is 1. The van der Waals surface area contributed by atoms with E-state index >= 15 is 0 Å². The van der Waals surface area contributed by atoms with Crippen molar-refractivity contribution >= 4 is 54.7 Å². The average Bonchev–Trinajstić information content (AvgIpc) is 3.34. The number of hydrogen-bond acceptors (Lipinski definition) is 4. The summed E-state index contributed by atoms with van der Waals surface area (Å²) < 4.78 is 29.1. The first kappa shape index (κ1) is 25.4. The molecule has 2 aromatic carbocycles. The number of anilines is 2. The number of sulfonamides is 1. The van der Waals surface area contributed by atoms with E-state index in [1.54, 1.807) is 18.3 Å². The number of benzene rings is 2. The van der Waals surface area contributed by atoms with Crippen LogP contribution in [0.25, 0.3) is 5.69 Å². The van der Waals surface area contributed by atoms with Gasteiger partial charge < -0.3 is 14.8 Å². The Morgan fingerprint density at radius 1 is 1.00 bits per heavy atom. The molecule has 2 aromatic heterocycles. The molecule has 0 aliphatic carbocycles. The van der Waals surface area contributed by atoms with Gasteiger partial charge in [0.1, 0.15) is 0 Å². The smallest absolute Gasteiger partial charge is 0.229 e. The zero-order valence-corrected chi connectivity index (χ0v) is 23.7. The van der Waals surface area contributed by atoms with Gasteiger partial charge in [-0.3, -0.25) is 9.71 Å². The van der Waals surface area contributed by atoms with Crippen LogP contribution >= 0.6 is 28.1 Å². The average molecular weight is 597 g/mol. The van der Waals surface area contributed by atoms with Crippen molar-refractivity contribution in [1.29, 1.82) is 0 Å². The largest absolute Gasteiger partial charge is 0.351 e. The Morgan fingerprint density at radius 3 is 2.41 bits per heavy atom. The van der Waals surface area contributed by atoms with E-state index in [0.717, 1.165) is 44.7 Å². The summed E-state index contributed by atoms with van der Waals surface area (Å²) in [5.41, 5.74) is 6.64. The first-order valence-electron chi connectivity index (χ1n) is 11.7. The molecule has 0 unspecified atom stereocenters. The third-order valence-corrected chi connectivity index (χ3v) is 7.82. The van der Waals surface area contributed by atoms with Gasteiger partial charge in [-0.15, -0.1) is 0 Å². The number of nitrogens with one attached hydrogen (secondary N) is 2. The standard InChI is InChI=1S/C27H26BrN5O2S2/c1-17-15-23(18(2)32(17)22-8-6-7-19(28)16-22)26-25(24-9-4-5-14-29-24)30-27(36)33(26)21-12-10-20(11-13-21)31-37(3,34)35/h4-16,25-26,31H,1-3H3,(H,30,36)/t25-,26+/m0/s1. The van der Waals surface area contributed by atoms with Crippen LogP contribution in [0.1, 0.15) is 34.7 Å². The summed E-state index contributed by atoms with van der Waals surface area (Å²) in [4.78, 5) is 6.73. The highest BCUT2D eigenvalue weighted by atomic mass is 79.9. The van der Waals surface area contributed by atoms with E-state index in [-0.39, 0.29) is 12.1 Å². The zero-order chi connectivity index (χ0) is 26.3. The molecule has 7 nitrogen and oxygen atoms in total. The second-order valence-electron chi connectivity index (χ2n) is 9.06. The molecule has 190 valence electrons. The van der Waals surface area contributed by atoms with Crippen molar-refractivity contribution in [2.45, 2.75) is 25.9 Å². The van der Waals surface area contributed by atoms with Gasteiger partial charge in [-0.05, 0) is 92.3 Å². The monoisotopic (exact) mass is 595 g/mol. The minimum absolute atomic E-state index is 0.178. The second kappa shape index (κ2) is 9.92. The molecule has 2 N–H and O–H groups in total. The Labute approximate surface area is 230 Å². The second-order valence-corrected chi connectivity index (χ2v) is 12.1. The Morgan fingerprint density at radius 2 is 1.76 bits per heavy atom. The predicted molar refractivity (Wildman–Crippen MR) is 156 cm³/mol. The van der Waals surface area contributed by atoms with Crippen LogP contribution < -0.4 is 14.9 Å². The number of halogens is 1. The molecular formula is C27H26BrN5O2S2. The molecule has 1 aliphatic heterocycles. The molecule has 5 rings (SSSR count). The first-order chi connectivity index (χ1) is 17.6. The lowest BCUT2D eigenvalue weighted by Gasteiger charge is -2.28. The fraction of sp³-hybridized carbons (Fsp3) is 0.185. The molecule has 3 heterocycles. The molecule has 0 radical (unpaired) electrons. The number of hydrogen-bond donors (Lipinski definition) is 2. The van der Waals surface area contributed by atoms with Crippen LogP contribution in [0.2, 0.25) is 0 Å². The fourth-order valence-electron chi connectivity index (χ4n) is 4.95. The van der Waals surface area contributed by atoms with Crippen LogP contribution in [0, 0.1) is 13.8 Å². The van der Waals surface area contributed by atoms with Crippen molar-refractivity contribution in [3.8, 4) is 5.69 Å². The van der Waals surface area contributed by atoms with Gasteiger partial charge in [-0.1, -0.05) is 28.1 Å². The van der Waals surface area contributed by atoms with Crippen LogP contribution in [0.5, 0.6) is 0 Å². The maximum Gasteiger partial charge on any atom is 0.229 e. The fourth-order valence-corrected chi connectivity index (χ4v) is 6.25. The highest BCUT2D eigenvalue weighted by molar-refractivity contribution is 9.10. The highest BCUT2D eigenvalue weighted by Crippen LogP contribution is 2.44. The molecule has 0 spiro atoms. The van der Waals surface area contributed by atoms with Gasteiger partial charge in [0.05, 0.1) is 24.0 Å². The minimum Gasteiger partial charge on any atom is -0.351 e.